The van der Waals surface area contributed by atoms with Gasteiger partial charge in [0, 0.05) is 22.5 Å². The number of nitrogens with zero attached hydrogens (tertiary/aromatic N) is 1. The molecule has 58 valence electrons. The van der Waals surface area contributed by atoms with Gasteiger partial charge in [0.2, 0.25) is 0 Å². The Hall–Kier alpha value is -0.410. The van der Waals surface area contributed by atoms with Gasteiger partial charge < -0.3 is 0 Å². The first-order chi connectivity index (χ1) is 5.33. The number of hydrogen-bond donors (Lipinski definition) is 0. The first-order valence-electron chi connectivity index (χ1n) is 3.35. The van der Waals surface area contributed by atoms with E-state index in [1.165, 1.54) is 4.90 Å². The van der Waals surface area contributed by atoms with E-state index in [1.54, 1.807) is 29.5 Å². The zero-order valence-electron chi connectivity index (χ0n) is 6.23. The molecule has 1 atom stereocenters. The van der Waals surface area contributed by atoms with Crippen molar-refractivity contribution in [3.05, 3.63) is 24.5 Å². The maximum Gasteiger partial charge on any atom is 0.0349 e. The third kappa shape index (κ3) is 2.99. The Morgan fingerprint density at radius 3 is 2.73 bits per heavy atom. The molecule has 1 heterocycles. The van der Waals surface area contributed by atoms with Crippen molar-refractivity contribution >= 4 is 29.3 Å². The lowest BCUT2D eigenvalue weighted by atomic mass is 10.5. The Kier molecular flexibility index (Phi) is 3.52. The molecule has 1 aromatic heterocycles. The highest BCUT2D eigenvalue weighted by Gasteiger charge is 1.98. The van der Waals surface area contributed by atoms with Gasteiger partial charge in [-0.1, -0.05) is 12.2 Å². The maximum atomic E-state index is 4.81. The van der Waals surface area contributed by atoms with Gasteiger partial charge in [0.15, 0.2) is 0 Å². The summed E-state index contributed by atoms with van der Waals surface area (Å²) in [5.41, 5.74) is 0. The maximum absolute atomic E-state index is 4.81. The van der Waals surface area contributed by atoms with Crippen LogP contribution < -0.4 is 0 Å². The monoisotopic (exact) mass is 183 g/mol. The molecular weight excluding hydrogens is 174 g/mol. The van der Waals surface area contributed by atoms with Crippen molar-refractivity contribution in [1.29, 1.82) is 0 Å². The van der Waals surface area contributed by atoms with Crippen molar-refractivity contribution in [1.82, 2.24) is 4.98 Å². The molecule has 0 spiro atoms. The van der Waals surface area contributed by atoms with Crippen LogP contribution in [0.1, 0.15) is 6.92 Å². The van der Waals surface area contributed by atoms with Crippen LogP contribution in [0, 0.1) is 0 Å². The van der Waals surface area contributed by atoms with Crippen LogP contribution in [0.5, 0.6) is 0 Å². The fraction of sp³-hybridized carbons (Fsp3) is 0.250. The predicted octanol–water partition coefficient (Wildman–Crippen LogP) is 2.56. The van der Waals surface area contributed by atoms with Crippen LogP contribution in [0.25, 0.3) is 0 Å². The SMILES string of the molecule is CC(C=S)Sc1ccncc1. The highest BCUT2D eigenvalue weighted by molar-refractivity contribution is 8.01. The van der Waals surface area contributed by atoms with Crippen molar-refractivity contribution in [2.24, 2.45) is 0 Å². The Morgan fingerprint density at radius 1 is 1.55 bits per heavy atom. The average molecular weight is 183 g/mol. The zero-order valence-corrected chi connectivity index (χ0v) is 7.86. The van der Waals surface area contributed by atoms with Crippen molar-refractivity contribution in [2.75, 3.05) is 0 Å². The van der Waals surface area contributed by atoms with E-state index in [9.17, 15) is 0 Å². The molecule has 0 saturated carbocycles. The first-order valence-corrected chi connectivity index (χ1v) is 4.70. The molecule has 0 aliphatic heterocycles. The Balaban J connectivity index is 2.57. The summed E-state index contributed by atoms with van der Waals surface area (Å²) in [6.07, 6.45) is 3.58. The molecule has 0 aromatic carbocycles. The minimum Gasteiger partial charge on any atom is -0.265 e. The molecule has 0 radical (unpaired) electrons. The average Bonchev–Trinajstić information content (AvgIpc) is 2.06. The van der Waals surface area contributed by atoms with Gasteiger partial charge >= 0.3 is 0 Å². The molecule has 1 aromatic rings. The number of aromatic nitrogens is 1. The summed E-state index contributed by atoms with van der Waals surface area (Å²) in [4.78, 5) is 5.15. The second-order valence-electron chi connectivity index (χ2n) is 2.14. The van der Waals surface area contributed by atoms with Crippen molar-refractivity contribution in [3.8, 4) is 0 Å². The molecule has 0 N–H and O–H groups in total. The molecule has 0 saturated heterocycles. The summed E-state index contributed by atoms with van der Waals surface area (Å²) in [5, 5.41) is 2.16. The van der Waals surface area contributed by atoms with E-state index in [0.717, 1.165) is 0 Å². The Morgan fingerprint density at radius 2 is 2.18 bits per heavy atom. The fourth-order valence-corrected chi connectivity index (χ4v) is 1.59. The lowest BCUT2D eigenvalue weighted by molar-refractivity contribution is 1.25. The van der Waals surface area contributed by atoms with Crippen molar-refractivity contribution in [2.45, 2.75) is 17.1 Å². The molecule has 1 rings (SSSR count). The van der Waals surface area contributed by atoms with Gasteiger partial charge in [0.25, 0.3) is 0 Å². The number of thioether (sulfide) groups is 1. The highest BCUT2D eigenvalue weighted by Crippen LogP contribution is 2.20. The van der Waals surface area contributed by atoms with E-state index < -0.39 is 0 Å². The molecule has 1 nitrogen and oxygen atoms in total. The van der Waals surface area contributed by atoms with Crippen LogP contribution in [0.15, 0.2) is 29.4 Å². The van der Waals surface area contributed by atoms with E-state index >= 15 is 0 Å². The molecule has 0 aliphatic carbocycles. The van der Waals surface area contributed by atoms with Crippen LogP contribution >= 0.6 is 24.0 Å². The van der Waals surface area contributed by atoms with Gasteiger partial charge in [-0.25, -0.2) is 0 Å². The molecule has 0 aliphatic rings. The van der Waals surface area contributed by atoms with Crippen LogP contribution in [-0.4, -0.2) is 15.6 Å². The van der Waals surface area contributed by atoms with Gasteiger partial charge in [0.05, 0.1) is 0 Å². The fourth-order valence-electron chi connectivity index (χ4n) is 0.659. The molecule has 0 amide bonds. The smallest absolute Gasteiger partial charge is 0.0349 e. The molecular formula is C8H9NS2. The van der Waals surface area contributed by atoms with Crippen molar-refractivity contribution < 1.29 is 0 Å². The van der Waals surface area contributed by atoms with Gasteiger partial charge in [-0.15, -0.1) is 11.8 Å². The number of thiocarbonyl (C=S) groups is 1. The predicted molar refractivity (Wildman–Crippen MR) is 53.2 cm³/mol. The molecule has 3 heteroatoms. The minimum absolute atomic E-state index is 0.396. The summed E-state index contributed by atoms with van der Waals surface area (Å²) in [6.45, 7) is 2.08. The largest absolute Gasteiger partial charge is 0.265 e. The highest BCUT2D eigenvalue weighted by atomic mass is 32.2. The number of pyridine rings is 1. The summed E-state index contributed by atoms with van der Waals surface area (Å²) in [7, 11) is 0. The van der Waals surface area contributed by atoms with E-state index in [-0.39, 0.29) is 0 Å². The van der Waals surface area contributed by atoms with Crippen molar-refractivity contribution in [3.63, 3.8) is 0 Å². The third-order valence-electron chi connectivity index (χ3n) is 1.16. The zero-order chi connectivity index (χ0) is 8.10. The number of rotatable bonds is 3. The topological polar surface area (TPSA) is 12.9 Å². The quantitative estimate of drug-likeness (QED) is 0.528. The standard InChI is InChI=1S/C8H9NS2/c1-7(6-10)11-8-2-4-9-5-3-8/h2-7H,1H3. The van der Waals surface area contributed by atoms with E-state index in [2.05, 4.69) is 11.9 Å². The van der Waals surface area contributed by atoms with Gasteiger partial charge in [-0.3, -0.25) is 4.98 Å². The van der Waals surface area contributed by atoms with Crippen LogP contribution in [0.3, 0.4) is 0 Å². The van der Waals surface area contributed by atoms with Crippen LogP contribution in [0.4, 0.5) is 0 Å². The van der Waals surface area contributed by atoms with E-state index in [1.807, 2.05) is 12.1 Å². The lowest BCUT2D eigenvalue weighted by Gasteiger charge is -2.02. The van der Waals surface area contributed by atoms with Crippen LogP contribution in [0.2, 0.25) is 0 Å². The van der Waals surface area contributed by atoms with E-state index in [4.69, 9.17) is 12.2 Å². The lowest BCUT2D eigenvalue weighted by Crippen LogP contribution is -1.93. The minimum atomic E-state index is 0.396. The van der Waals surface area contributed by atoms with Gasteiger partial charge in [0.1, 0.15) is 0 Å². The summed E-state index contributed by atoms with van der Waals surface area (Å²) in [6, 6.07) is 3.97. The van der Waals surface area contributed by atoms with E-state index in [0.29, 0.717) is 5.25 Å². The third-order valence-corrected chi connectivity index (χ3v) is 2.80. The summed E-state index contributed by atoms with van der Waals surface area (Å²) >= 11 is 6.56. The van der Waals surface area contributed by atoms with Gasteiger partial charge in [-0.2, -0.15) is 0 Å². The van der Waals surface area contributed by atoms with Gasteiger partial charge in [-0.05, 0) is 24.4 Å². The Labute approximate surface area is 76.2 Å². The second-order valence-corrected chi connectivity index (χ2v) is 3.86. The van der Waals surface area contributed by atoms with Crippen LogP contribution in [-0.2, 0) is 0 Å². The summed E-state index contributed by atoms with van der Waals surface area (Å²) < 4.78 is 0. The molecule has 11 heavy (non-hydrogen) atoms. The number of hydrogen-bond acceptors (Lipinski definition) is 3. The molecule has 0 fully saturated rings. The second kappa shape index (κ2) is 4.46. The normalized spacial score (nSPS) is 12.5. The summed E-state index contributed by atoms with van der Waals surface area (Å²) in [5.74, 6) is 0. The first kappa shape index (κ1) is 8.68. The Bertz CT molecular complexity index is 223. The molecule has 0 bridgehead atoms. The molecule has 1 unspecified atom stereocenters.